The lowest BCUT2D eigenvalue weighted by Crippen LogP contribution is -2.23. The van der Waals surface area contributed by atoms with Crippen LogP contribution < -0.4 is 5.32 Å². The van der Waals surface area contributed by atoms with Crippen LogP contribution in [0.25, 0.3) is 0 Å². The summed E-state index contributed by atoms with van der Waals surface area (Å²) in [7, 11) is 0. The van der Waals surface area contributed by atoms with E-state index in [0.717, 1.165) is 5.56 Å². The molecule has 1 N–H and O–H groups in total. The lowest BCUT2D eigenvalue weighted by molar-refractivity contribution is 0.0945. The molecule has 0 aliphatic carbocycles. The maximum atomic E-state index is 12.1. The van der Waals surface area contributed by atoms with E-state index in [9.17, 15) is 4.79 Å². The van der Waals surface area contributed by atoms with Crippen LogP contribution in [0.15, 0.2) is 28.7 Å². The summed E-state index contributed by atoms with van der Waals surface area (Å²) in [5, 5.41) is 3.46. The van der Waals surface area contributed by atoms with E-state index in [2.05, 4.69) is 10.3 Å². The van der Waals surface area contributed by atoms with E-state index in [-0.39, 0.29) is 11.8 Å². The molecule has 2 aromatic rings. The minimum atomic E-state index is -0.238. The molecule has 0 fully saturated rings. The van der Waals surface area contributed by atoms with E-state index in [1.807, 2.05) is 32.0 Å². The van der Waals surface area contributed by atoms with Gasteiger partial charge in [0, 0.05) is 17.5 Å². The van der Waals surface area contributed by atoms with Crippen molar-refractivity contribution in [3.05, 3.63) is 52.2 Å². The van der Waals surface area contributed by atoms with Gasteiger partial charge in [-0.2, -0.15) is 0 Å². The van der Waals surface area contributed by atoms with E-state index in [1.165, 1.54) is 0 Å². The molecule has 4 nitrogen and oxygen atoms in total. The molecule has 0 aliphatic heterocycles. The predicted octanol–water partition coefficient (Wildman–Crippen LogP) is 3.69. The number of benzene rings is 1. The normalized spacial score (nSPS) is 10.8. The van der Waals surface area contributed by atoms with Crippen molar-refractivity contribution in [1.82, 2.24) is 10.3 Å². The SMILES string of the molecule is Cc1oc(C(C)C)nc1C(=O)NCc1cccc(Cl)c1. The van der Waals surface area contributed by atoms with Crippen molar-refractivity contribution in [3.63, 3.8) is 0 Å². The Morgan fingerprint density at radius 2 is 2.20 bits per heavy atom. The zero-order valence-electron chi connectivity index (χ0n) is 11.7. The van der Waals surface area contributed by atoms with Gasteiger partial charge in [0.2, 0.25) is 0 Å². The first-order valence-electron chi connectivity index (χ1n) is 6.47. The van der Waals surface area contributed by atoms with Gasteiger partial charge in [0.1, 0.15) is 5.76 Å². The fourth-order valence-corrected chi connectivity index (χ4v) is 2.00. The molecule has 1 heterocycles. The zero-order chi connectivity index (χ0) is 14.7. The summed E-state index contributed by atoms with van der Waals surface area (Å²) in [5.74, 6) is 1.04. The van der Waals surface area contributed by atoms with Crippen LogP contribution in [-0.4, -0.2) is 10.9 Å². The van der Waals surface area contributed by atoms with Gasteiger partial charge in [-0.25, -0.2) is 4.98 Å². The Balaban J connectivity index is 2.05. The molecule has 0 unspecified atom stereocenters. The number of hydrogen-bond donors (Lipinski definition) is 1. The van der Waals surface area contributed by atoms with Crippen molar-refractivity contribution < 1.29 is 9.21 Å². The average Bonchev–Trinajstić information content (AvgIpc) is 2.78. The Labute approximate surface area is 123 Å². The second-order valence-corrected chi connectivity index (χ2v) is 5.36. The van der Waals surface area contributed by atoms with Gasteiger partial charge in [0.25, 0.3) is 5.91 Å². The van der Waals surface area contributed by atoms with E-state index in [4.69, 9.17) is 16.0 Å². The standard InChI is InChI=1S/C15H17ClN2O2/c1-9(2)15-18-13(10(3)20-15)14(19)17-8-11-5-4-6-12(16)7-11/h4-7,9H,8H2,1-3H3,(H,17,19). The summed E-state index contributed by atoms with van der Waals surface area (Å²) in [5.41, 5.74) is 1.28. The van der Waals surface area contributed by atoms with Gasteiger partial charge in [-0.3, -0.25) is 4.79 Å². The number of carbonyl (C=O) groups excluding carboxylic acids is 1. The highest BCUT2D eigenvalue weighted by Crippen LogP contribution is 2.17. The topological polar surface area (TPSA) is 55.1 Å². The number of rotatable bonds is 4. The average molecular weight is 293 g/mol. The molecule has 0 atom stereocenters. The Morgan fingerprint density at radius 3 is 2.80 bits per heavy atom. The molecule has 0 saturated carbocycles. The minimum absolute atomic E-state index is 0.156. The van der Waals surface area contributed by atoms with Gasteiger partial charge in [0.05, 0.1) is 0 Å². The quantitative estimate of drug-likeness (QED) is 0.935. The smallest absolute Gasteiger partial charge is 0.273 e. The van der Waals surface area contributed by atoms with E-state index < -0.39 is 0 Å². The number of oxazole rings is 1. The predicted molar refractivity (Wildman–Crippen MR) is 78.0 cm³/mol. The molecule has 0 radical (unpaired) electrons. The molecule has 1 aromatic carbocycles. The molecule has 0 bridgehead atoms. The van der Waals surface area contributed by atoms with Gasteiger partial charge in [-0.15, -0.1) is 0 Å². The first-order chi connectivity index (χ1) is 9.47. The monoisotopic (exact) mass is 292 g/mol. The Bertz CT molecular complexity index is 620. The minimum Gasteiger partial charge on any atom is -0.445 e. The zero-order valence-corrected chi connectivity index (χ0v) is 12.5. The van der Waals surface area contributed by atoms with E-state index in [1.54, 1.807) is 13.0 Å². The summed E-state index contributed by atoms with van der Waals surface area (Å²) in [6.45, 7) is 6.09. The highest BCUT2D eigenvalue weighted by Gasteiger charge is 2.18. The summed E-state index contributed by atoms with van der Waals surface area (Å²) in [4.78, 5) is 16.3. The first-order valence-corrected chi connectivity index (χ1v) is 6.85. The lowest BCUT2D eigenvalue weighted by atomic mass is 10.2. The third kappa shape index (κ3) is 3.39. The number of hydrogen-bond acceptors (Lipinski definition) is 3. The van der Waals surface area contributed by atoms with Crippen LogP contribution in [0.3, 0.4) is 0 Å². The summed E-state index contributed by atoms with van der Waals surface area (Å²) < 4.78 is 5.48. The van der Waals surface area contributed by atoms with Crippen molar-refractivity contribution in [1.29, 1.82) is 0 Å². The number of amides is 1. The maximum Gasteiger partial charge on any atom is 0.273 e. The summed E-state index contributed by atoms with van der Waals surface area (Å²) in [6, 6.07) is 7.37. The molecule has 1 aromatic heterocycles. The van der Waals surface area contributed by atoms with Crippen molar-refractivity contribution in [2.45, 2.75) is 33.2 Å². The highest BCUT2D eigenvalue weighted by atomic mass is 35.5. The van der Waals surface area contributed by atoms with E-state index in [0.29, 0.717) is 28.9 Å². The molecule has 0 saturated heterocycles. The number of nitrogens with zero attached hydrogens (tertiary/aromatic N) is 1. The number of nitrogens with one attached hydrogen (secondary N) is 1. The lowest BCUT2D eigenvalue weighted by Gasteiger charge is -2.04. The fourth-order valence-electron chi connectivity index (χ4n) is 1.79. The molecule has 5 heteroatoms. The van der Waals surface area contributed by atoms with Gasteiger partial charge < -0.3 is 9.73 Å². The van der Waals surface area contributed by atoms with Gasteiger partial charge >= 0.3 is 0 Å². The third-order valence-electron chi connectivity index (χ3n) is 2.86. The number of aromatic nitrogens is 1. The second-order valence-electron chi connectivity index (χ2n) is 4.92. The fraction of sp³-hybridized carbons (Fsp3) is 0.333. The van der Waals surface area contributed by atoms with Crippen LogP contribution in [0.5, 0.6) is 0 Å². The van der Waals surface area contributed by atoms with Crippen molar-refractivity contribution in [2.24, 2.45) is 0 Å². The molecule has 0 spiro atoms. The number of halogens is 1. The molecule has 106 valence electrons. The number of carbonyl (C=O) groups is 1. The van der Waals surface area contributed by atoms with Crippen LogP contribution in [-0.2, 0) is 6.54 Å². The van der Waals surface area contributed by atoms with Crippen molar-refractivity contribution in [2.75, 3.05) is 0 Å². The molecule has 20 heavy (non-hydrogen) atoms. The Hall–Kier alpha value is -1.81. The molecule has 2 rings (SSSR count). The van der Waals surface area contributed by atoms with Crippen LogP contribution in [0, 0.1) is 6.92 Å². The molecule has 0 aliphatic rings. The molecule has 1 amide bonds. The van der Waals surface area contributed by atoms with Crippen LogP contribution >= 0.6 is 11.6 Å². The first kappa shape index (κ1) is 14.6. The van der Waals surface area contributed by atoms with E-state index >= 15 is 0 Å². The maximum absolute atomic E-state index is 12.1. The Kier molecular flexibility index (Phi) is 4.45. The number of aryl methyl sites for hydroxylation is 1. The van der Waals surface area contributed by atoms with Crippen LogP contribution in [0.2, 0.25) is 5.02 Å². The molecular formula is C15H17ClN2O2. The van der Waals surface area contributed by atoms with Crippen LogP contribution in [0.1, 0.15) is 47.5 Å². The van der Waals surface area contributed by atoms with Gasteiger partial charge in [0.15, 0.2) is 11.6 Å². The van der Waals surface area contributed by atoms with Gasteiger partial charge in [-0.05, 0) is 24.6 Å². The largest absolute Gasteiger partial charge is 0.445 e. The van der Waals surface area contributed by atoms with Crippen molar-refractivity contribution in [3.8, 4) is 0 Å². The second kappa shape index (κ2) is 6.09. The van der Waals surface area contributed by atoms with Gasteiger partial charge in [-0.1, -0.05) is 37.6 Å². The Morgan fingerprint density at radius 1 is 1.45 bits per heavy atom. The van der Waals surface area contributed by atoms with Crippen molar-refractivity contribution >= 4 is 17.5 Å². The summed E-state index contributed by atoms with van der Waals surface area (Å²) in [6.07, 6.45) is 0. The highest BCUT2D eigenvalue weighted by molar-refractivity contribution is 6.30. The third-order valence-corrected chi connectivity index (χ3v) is 3.10. The summed E-state index contributed by atoms with van der Waals surface area (Å²) >= 11 is 5.90. The van der Waals surface area contributed by atoms with Crippen LogP contribution in [0.4, 0.5) is 0 Å². The molecular weight excluding hydrogens is 276 g/mol.